The average Bonchev–Trinajstić information content (AvgIpc) is 1.82. The van der Waals surface area contributed by atoms with E-state index in [1.165, 1.54) is 22.8 Å². The van der Waals surface area contributed by atoms with Crippen molar-refractivity contribution in [1.82, 2.24) is 0 Å². The van der Waals surface area contributed by atoms with E-state index in [1.54, 1.807) is 0 Å². The van der Waals surface area contributed by atoms with Crippen molar-refractivity contribution in [2.75, 3.05) is 17.3 Å². The Kier molecular flexibility index (Phi) is 4.97. The minimum absolute atomic E-state index is 0.632. The average molecular weight is 145 g/mol. The third-order valence-electron chi connectivity index (χ3n) is 1.27. The van der Waals surface area contributed by atoms with Crippen LogP contribution in [0.15, 0.2) is 12.2 Å². The lowest BCUT2D eigenvalue weighted by molar-refractivity contribution is 1.36. The molecule has 0 unspecified atom stereocenters. The van der Waals surface area contributed by atoms with Crippen molar-refractivity contribution in [3.63, 3.8) is 0 Å². The molecule has 0 heterocycles. The Bertz CT molecular complexity index is 82.6. The van der Waals surface area contributed by atoms with Crippen molar-refractivity contribution < 1.29 is 0 Å². The predicted octanol–water partition coefficient (Wildman–Crippen LogP) is 2.22. The van der Waals surface area contributed by atoms with Gasteiger partial charge in [-0.1, -0.05) is 6.58 Å². The van der Waals surface area contributed by atoms with Crippen molar-refractivity contribution in [3.8, 4) is 0 Å². The highest BCUT2D eigenvalue weighted by Gasteiger charge is 2.10. The van der Waals surface area contributed by atoms with E-state index >= 15 is 0 Å². The first-order valence-corrected chi connectivity index (χ1v) is 5.22. The number of rotatable bonds is 4. The number of hydrogen-bond acceptors (Lipinski definition) is 0. The summed E-state index contributed by atoms with van der Waals surface area (Å²) in [6.45, 7) is 10.5. The molecule has 0 nitrogen and oxygen atoms in total. The van der Waals surface area contributed by atoms with Gasteiger partial charge in [-0.25, -0.2) is 0 Å². The molecule has 0 rings (SSSR count). The van der Waals surface area contributed by atoms with Crippen LogP contribution in [0.3, 0.4) is 0 Å². The third-order valence-corrected chi connectivity index (χ3v) is 3.80. The standard InChI is InChI=1S/C8H17S/c1-5-9(6-2)7-8(3)4/h3,5-7H2,1-2,4H3/q+1. The summed E-state index contributed by atoms with van der Waals surface area (Å²) >= 11 is 0. The first-order valence-electron chi connectivity index (χ1n) is 3.49. The summed E-state index contributed by atoms with van der Waals surface area (Å²) in [4.78, 5) is 0. The van der Waals surface area contributed by atoms with Gasteiger partial charge in [0.25, 0.3) is 0 Å². The second-order valence-corrected chi connectivity index (χ2v) is 4.96. The van der Waals surface area contributed by atoms with Crippen LogP contribution in [-0.2, 0) is 10.9 Å². The molecule has 0 aliphatic carbocycles. The van der Waals surface area contributed by atoms with Gasteiger partial charge < -0.3 is 0 Å². The zero-order valence-corrected chi connectivity index (χ0v) is 7.55. The summed E-state index contributed by atoms with van der Waals surface area (Å²) in [7, 11) is 0.632. The van der Waals surface area contributed by atoms with Gasteiger partial charge in [-0.15, -0.1) is 0 Å². The fraction of sp³-hybridized carbons (Fsp3) is 0.750. The second-order valence-electron chi connectivity index (χ2n) is 2.29. The zero-order chi connectivity index (χ0) is 7.28. The second kappa shape index (κ2) is 4.92. The molecule has 0 amide bonds. The van der Waals surface area contributed by atoms with Gasteiger partial charge >= 0.3 is 0 Å². The van der Waals surface area contributed by atoms with Gasteiger partial charge in [0.05, 0.1) is 0 Å². The molecule has 0 bridgehead atoms. The maximum absolute atomic E-state index is 3.90. The van der Waals surface area contributed by atoms with Gasteiger partial charge in [-0.05, 0) is 37.2 Å². The van der Waals surface area contributed by atoms with Gasteiger partial charge in [0.1, 0.15) is 17.3 Å². The highest BCUT2D eigenvalue weighted by Crippen LogP contribution is 2.01. The Balaban J connectivity index is 3.43. The lowest BCUT2D eigenvalue weighted by Crippen LogP contribution is -2.12. The maximum Gasteiger partial charge on any atom is 0.128 e. The Hall–Kier alpha value is 0.0900. The molecule has 0 aromatic carbocycles. The van der Waals surface area contributed by atoms with Crippen LogP contribution in [0.5, 0.6) is 0 Å². The quantitative estimate of drug-likeness (QED) is 0.420. The first-order chi connectivity index (χ1) is 4.20. The van der Waals surface area contributed by atoms with Crippen molar-refractivity contribution >= 4 is 10.9 Å². The van der Waals surface area contributed by atoms with Crippen LogP contribution in [0.2, 0.25) is 0 Å². The SMILES string of the molecule is C=C(C)C[S+](CC)CC. The van der Waals surface area contributed by atoms with Crippen LogP contribution in [0, 0.1) is 0 Å². The van der Waals surface area contributed by atoms with Crippen molar-refractivity contribution in [1.29, 1.82) is 0 Å². The Morgan fingerprint density at radius 1 is 1.33 bits per heavy atom. The number of hydrogen-bond donors (Lipinski definition) is 0. The molecule has 0 aliphatic rings. The van der Waals surface area contributed by atoms with Gasteiger partial charge in [0.15, 0.2) is 0 Å². The van der Waals surface area contributed by atoms with Crippen LogP contribution in [0.1, 0.15) is 20.8 Å². The van der Waals surface area contributed by atoms with Crippen LogP contribution in [0.4, 0.5) is 0 Å². The van der Waals surface area contributed by atoms with Crippen LogP contribution >= 0.6 is 0 Å². The molecule has 0 saturated heterocycles. The summed E-state index contributed by atoms with van der Waals surface area (Å²) in [5, 5.41) is 0. The first kappa shape index (κ1) is 9.09. The zero-order valence-electron chi connectivity index (χ0n) is 6.74. The highest BCUT2D eigenvalue weighted by atomic mass is 32.2. The molecule has 0 saturated carbocycles. The van der Waals surface area contributed by atoms with Crippen LogP contribution in [0.25, 0.3) is 0 Å². The molecule has 54 valence electrons. The lowest BCUT2D eigenvalue weighted by Gasteiger charge is -2.01. The Morgan fingerprint density at radius 2 is 1.78 bits per heavy atom. The normalized spacial score (nSPS) is 10.2. The largest absolute Gasteiger partial charge is 0.128 e. The summed E-state index contributed by atoms with van der Waals surface area (Å²) < 4.78 is 0. The molecule has 1 heteroatoms. The van der Waals surface area contributed by atoms with E-state index in [4.69, 9.17) is 0 Å². The Morgan fingerprint density at radius 3 is 1.89 bits per heavy atom. The minimum atomic E-state index is 0.632. The van der Waals surface area contributed by atoms with E-state index in [1.807, 2.05) is 0 Å². The van der Waals surface area contributed by atoms with Crippen molar-refractivity contribution in [3.05, 3.63) is 12.2 Å². The summed E-state index contributed by atoms with van der Waals surface area (Å²) in [5.74, 6) is 3.89. The summed E-state index contributed by atoms with van der Waals surface area (Å²) in [5.41, 5.74) is 1.34. The fourth-order valence-corrected chi connectivity index (χ4v) is 2.27. The van der Waals surface area contributed by atoms with E-state index in [9.17, 15) is 0 Å². The molecule has 0 atom stereocenters. The molecule has 0 radical (unpaired) electrons. The maximum atomic E-state index is 3.90. The summed E-state index contributed by atoms with van der Waals surface area (Å²) in [6, 6.07) is 0. The van der Waals surface area contributed by atoms with Crippen molar-refractivity contribution in [2.45, 2.75) is 20.8 Å². The summed E-state index contributed by atoms with van der Waals surface area (Å²) in [6.07, 6.45) is 0. The van der Waals surface area contributed by atoms with E-state index < -0.39 is 0 Å². The minimum Gasteiger partial charge on any atom is -0.0955 e. The molecule has 9 heavy (non-hydrogen) atoms. The molecule has 0 N–H and O–H groups in total. The van der Waals surface area contributed by atoms with Crippen LogP contribution in [-0.4, -0.2) is 17.3 Å². The molecule has 0 aromatic heterocycles. The van der Waals surface area contributed by atoms with Crippen LogP contribution < -0.4 is 0 Å². The molecule has 0 fully saturated rings. The van der Waals surface area contributed by atoms with Gasteiger partial charge in [0, 0.05) is 0 Å². The molecule has 0 aliphatic heterocycles. The van der Waals surface area contributed by atoms with Gasteiger partial charge in [-0.3, -0.25) is 0 Å². The monoisotopic (exact) mass is 145 g/mol. The van der Waals surface area contributed by atoms with E-state index in [2.05, 4.69) is 27.4 Å². The molecular formula is C8H17S+. The topological polar surface area (TPSA) is 0 Å². The highest BCUT2D eigenvalue weighted by molar-refractivity contribution is 7.96. The molecule has 0 aromatic rings. The Labute approximate surface area is 61.7 Å². The van der Waals surface area contributed by atoms with E-state index in [-0.39, 0.29) is 0 Å². The van der Waals surface area contributed by atoms with E-state index in [0.717, 1.165) is 0 Å². The van der Waals surface area contributed by atoms with Crippen molar-refractivity contribution in [2.24, 2.45) is 0 Å². The smallest absolute Gasteiger partial charge is 0.0955 e. The molecular weight excluding hydrogens is 128 g/mol. The fourth-order valence-electron chi connectivity index (χ4n) is 0.757. The van der Waals surface area contributed by atoms with Gasteiger partial charge in [0.2, 0.25) is 0 Å². The lowest BCUT2D eigenvalue weighted by atomic mass is 10.4. The molecule has 0 spiro atoms. The van der Waals surface area contributed by atoms with Gasteiger partial charge in [-0.2, -0.15) is 0 Å². The third kappa shape index (κ3) is 4.58. The predicted molar refractivity (Wildman–Crippen MR) is 48.1 cm³/mol. The van der Waals surface area contributed by atoms with E-state index in [0.29, 0.717) is 10.9 Å².